The van der Waals surface area contributed by atoms with Crippen molar-refractivity contribution in [1.29, 1.82) is 0 Å². The van der Waals surface area contributed by atoms with Crippen LogP contribution in [-0.4, -0.2) is 56.6 Å². The number of para-hydroxylation sites is 1. The van der Waals surface area contributed by atoms with Gasteiger partial charge in [0.05, 0.1) is 11.1 Å². The highest BCUT2D eigenvalue weighted by molar-refractivity contribution is 5.95. The summed E-state index contributed by atoms with van der Waals surface area (Å²) in [6, 6.07) is 19.7. The monoisotopic (exact) mass is 470 g/mol. The van der Waals surface area contributed by atoms with E-state index in [2.05, 4.69) is 15.1 Å². The lowest BCUT2D eigenvalue weighted by atomic mass is 10.1. The van der Waals surface area contributed by atoms with E-state index in [0.29, 0.717) is 54.7 Å². The van der Waals surface area contributed by atoms with Crippen LogP contribution in [0.3, 0.4) is 0 Å². The molecule has 0 spiro atoms. The van der Waals surface area contributed by atoms with Crippen molar-refractivity contribution < 1.29 is 13.6 Å². The zero-order chi connectivity index (χ0) is 23.9. The molecule has 0 atom stereocenters. The molecule has 0 N–H and O–H groups in total. The number of nitrogens with zero attached hydrogens (tertiary/aromatic N) is 6. The first kappa shape index (κ1) is 21.2. The number of carbonyl (C=O) groups is 1. The molecule has 0 saturated carbocycles. The van der Waals surface area contributed by atoms with Crippen LogP contribution in [0.5, 0.6) is 0 Å². The Hall–Kier alpha value is -4.40. The van der Waals surface area contributed by atoms with Gasteiger partial charge in [0.1, 0.15) is 11.6 Å². The number of piperazine rings is 1. The standard InChI is InChI=1S/C26H20F2N6O/c27-18-11-9-17(10-12-18)25(35)32-13-15-33(16-14-32)26-29-22-8-4-2-6-20(22)24-31-30-23(34(24)26)19-5-1-3-7-21(19)28/h1-12H,13-16H2. The molecule has 3 heterocycles. The Labute approximate surface area is 199 Å². The zero-order valence-electron chi connectivity index (χ0n) is 18.6. The smallest absolute Gasteiger partial charge is 0.253 e. The predicted octanol–water partition coefficient (Wildman–Crippen LogP) is 4.19. The molecule has 5 aromatic rings. The number of hydrogen-bond acceptors (Lipinski definition) is 5. The van der Waals surface area contributed by atoms with Crippen molar-refractivity contribution in [3.8, 4) is 11.4 Å². The second kappa shape index (κ2) is 8.43. The summed E-state index contributed by atoms with van der Waals surface area (Å²) in [5.41, 5.74) is 2.14. The summed E-state index contributed by atoms with van der Waals surface area (Å²) >= 11 is 0. The second-order valence-electron chi connectivity index (χ2n) is 8.38. The van der Waals surface area contributed by atoms with Crippen molar-refractivity contribution in [2.24, 2.45) is 0 Å². The van der Waals surface area contributed by atoms with Crippen LogP contribution in [0.2, 0.25) is 0 Å². The number of carbonyl (C=O) groups excluding carboxylic acids is 1. The van der Waals surface area contributed by atoms with Gasteiger partial charge < -0.3 is 9.80 Å². The molecule has 0 aliphatic carbocycles. The lowest BCUT2D eigenvalue weighted by Crippen LogP contribution is -2.49. The molecule has 1 amide bonds. The summed E-state index contributed by atoms with van der Waals surface area (Å²) in [5.74, 6) is 0.0533. The maximum absolute atomic E-state index is 14.7. The van der Waals surface area contributed by atoms with Gasteiger partial charge >= 0.3 is 0 Å². The van der Waals surface area contributed by atoms with E-state index in [4.69, 9.17) is 4.98 Å². The molecule has 1 aliphatic heterocycles. The van der Waals surface area contributed by atoms with Crippen LogP contribution in [0, 0.1) is 11.6 Å². The van der Waals surface area contributed by atoms with Crippen molar-refractivity contribution >= 4 is 28.4 Å². The van der Waals surface area contributed by atoms with Gasteiger partial charge in [0.25, 0.3) is 5.91 Å². The zero-order valence-corrected chi connectivity index (χ0v) is 18.6. The number of amides is 1. The van der Waals surface area contributed by atoms with Crippen LogP contribution in [0.1, 0.15) is 10.4 Å². The van der Waals surface area contributed by atoms with Gasteiger partial charge in [0.15, 0.2) is 11.5 Å². The number of anilines is 1. The summed E-state index contributed by atoms with van der Waals surface area (Å²) in [7, 11) is 0. The highest BCUT2D eigenvalue weighted by atomic mass is 19.1. The Morgan fingerprint density at radius 2 is 1.51 bits per heavy atom. The summed E-state index contributed by atoms with van der Waals surface area (Å²) in [4.78, 5) is 21.6. The lowest BCUT2D eigenvalue weighted by Gasteiger charge is -2.35. The topological polar surface area (TPSA) is 66.6 Å². The number of benzene rings is 3. The van der Waals surface area contributed by atoms with Gasteiger partial charge in [-0.3, -0.25) is 4.79 Å². The van der Waals surface area contributed by atoms with E-state index in [1.54, 1.807) is 27.5 Å². The number of hydrogen-bond donors (Lipinski definition) is 0. The van der Waals surface area contributed by atoms with Crippen LogP contribution in [0.25, 0.3) is 27.9 Å². The Kier molecular flexibility index (Phi) is 5.09. The van der Waals surface area contributed by atoms with Gasteiger partial charge in [-0.1, -0.05) is 24.3 Å². The fraction of sp³-hybridized carbons (Fsp3) is 0.154. The SMILES string of the molecule is O=C(c1ccc(F)cc1)N1CCN(c2nc3ccccc3c3nnc(-c4ccccc4F)n23)CC1. The summed E-state index contributed by atoms with van der Waals surface area (Å²) in [6.07, 6.45) is 0. The number of halogens is 2. The quantitative estimate of drug-likeness (QED) is 0.396. The van der Waals surface area contributed by atoms with E-state index in [9.17, 15) is 13.6 Å². The van der Waals surface area contributed by atoms with E-state index in [-0.39, 0.29) is 11.7 Å². The molecular weight excluding hydrogens is 450 g/mol. The molecular formula is C26H20F2N6O. The van der Waals surface area contributed by atoms with Gasteiger partial charge in [-0.25, -0.2) is 18.2 Å². The molecule has 1 saturated heterocycles. The average Bonchev–Trinajstić information content (AvgIpc) is 3.34. The molecule has 9 heteroatoms. The van der Waals surface area contributed by atoms with Crippen LogP contribution >= 0.6 is 0 Å². The van der Waals surface area contributed by atoms with E-state index in [0.717, 1.165) is 10.9 Å². The lowest BCUT2D eigenvalue weighted by molar-refractivity contribution is 0.0746. The molecule has 1 fully saturated rings. The summed E-state index contributed by atoms with van der Waals surface area (Å²) < 4.78 is 29.8. The number of aromatic nitrogens is 4. The third-order valence-corrected chi connectivity index (χ3v) is 6.28. The van der Waals surface area contributed by atoms with E-state index >= 15 is 0 Å². The van der Waals surface area contributed by atoms with Gasteiger partial charge in [-0.15, -0.1) is 10.2 Å². The maximum atomic E-state index is 14.7. The first-order valence-corrected chi connectivity index (χ1v) is 11.3. The molecule has 174 valence electrons. The number of fused-ring (bicyclic) bond motifs is 3. The van der Waals surface area contributed by atoms with Crippen LogP contribution in [0.4, 0.5) is 14.7 Å². The van der Waals surface area contributed by atoms with Crippen molar-refractivity contribution in [3.63, 3.8) is 0 Å². The second-order valence-corrected chi connectivity index (χ2v) is 8.38. The average molecular weight is 470 g/mol. The summed E-state index contributed by atoms with van der Waals surface area (Å²) in [5, 5.41) is 9.54. The van der Waals surface area contributed by atoms with Crippen LogP contribution in [-0.2, 0) is 0 Å². The van der Waals surface area contributed by atoms with Crippen molar-refractivity contribution in [1.82, 2.24) is 24.5 Å². The number of rotatable bonds is 3. The molecule has 0 bridgehead atoms. The third kappa shape index (κ3) is 3.65. The van der Waals surface area contributed by atoms with Crippen molar-refractivity contribution in [2.75, 3.05) is 31.1 Å². The third-order valence-electron chi connectivity index (χ3n) is 6.28. The molecule has 0 unspecified atom stereocenters. The van der Waals surface area contributed by atoms with Gasteiger partial charge in [-0.2, -0.15) is 0 Å². The molecule has 1 aliphatic rings. The minimum atomic E-state index is -0.393. The minimum absolute atomic E-state index is 0.141. The normalized spacial score (nSPS) is 14.1. The Bertz CT molecular complexity index is 1560. The molecule has 35 heavy (non-hydrogen) atoms. The molecule has 6 rings (SSSR count). The fourth-order valence-corrected chi connectivity index (χ4v) is 4.48. The minimum Gasteiger partial charge on any atom is -0.338 e. The summed E-state index contributed by atoms with van der Waals surface area (Å²) in [6.45, 7) is 1.96. The Balaban J connectivity index is 1.39. The van der Waals surface area contributed by atoms with Crippen LogP contribution < -0.4 is 4.90 Å². The highest BCUT2D eigenvalue weighted by Crippen LogP contribution is 2.30. The van der Waals surface area contributed by atoms with Crippen LogP contribution in [0.15, 0.2) is 72.8 Å². The first-order valence-electron chi connectivity index (χ1n) is 11.3. The molecule has 0 radical (unpaired) electrons. The Morgan fingerprint density at radius 1 is 0.800 bits per heavy atom. The van der Waals surface area contributed by atoms with E-state index < -0.39 is 5.82 Å². The van der Waals surface area contributed by atoms with Crippen molar-refractivity contribution in [3.05, 3.63) is 90.0 Å². The molecule has 7 nitrogen and oxygen atoms in total. The Morgan fingerprint density at radius 3 is 2.29 bits per heavy atom. The molecule has 3 aromatic carbocycles. The van der Waals surface area contributed by atoms with Crippen molar-refractivity contribution in [2.45, 2.75) is 0 Å². The highest BCUT2D eigenvalue weighted by Gasteiger charge is 2.27. The van der Waals surface area contributed by atoms with E-state index in [1.807, 2.05) is 24.3 Å². The maximum Gasteiger partial charge on any atom is 0.253 e. The first-order chi connectivity index (χ1) is 17.1. The predicted molar refractivity (Wildman–Crippen MR) is 128 cm³/mol. The largest absolute Gasteiger partial charge is 0.338 e. The van der Waals surface area contributed by atoms with Gasteiger partial charge in [-0.05, 0) is 48.5 Å². The van der Waals surface area contributed by atoms with E-state index in [1.165, 1.54) is 30.3 Å². The fourth-order valence-electron chi connectivity index (χ4n) is 4.48. The van der Waals surface area contributed by atoms with Gasteiger partial charge in [0.2, 0.25) is 5.95 Å². The molecule has 2 aromatic heterocycles. The van der Waals surface area contributed by atoms with Gasteiger partial charge in [0, 0.05) is 37.1 Å².